The number of hydrogen-bond donors (Lipinski definition) is 0. The first-order chi connectivity index (χ1) is 5.74. The molecule has 0 heterocycles. The lowest BCUT2D eigenvalue weighted by Gasteiger charge is -2.05. The van der Waals surface area contributed by atoms with Crippen LogP contribution in [0, 0.1) is 7.14 Å². The van der Waals surface area contributed by atoms with Gasteiger partial charge in [-0.2, -0.15) is 0 Å². The predicted molar refractivity (Wildman–Crippen MR) is 67.6 cm³/mol. The fourth-order valence-electron chi connectivity index (χ4n) is 0.737. The molecule has 1 aromatic rings. The smallest absolute Gasteiger partial charge is 0.134 e. The maximum Gasteiger partial charge on any atom is 0.134 e. The van der Waals surface area contributed by atoms with Gasteiger partial charge in [0.05, 0.1) is 3.57 Å². The summed E-state index contributed by atoms with van der Waals surface area (Å²) in [6.45, 7) is 4.16. The standard InChI is InChI=1S/C9H8I2O/c1-2-5-12-9-6-7(10)3-4-8(9)11/h2-4,6H,1,5H2. The Morgan fingerprint density at radius 2 is 2.17 bits per heavy atom. The molecule has 0 bridgehead atoms. The van der Waals surface area contributed by atoms with Gasteiger partial charge in [0.2, 0.25) is 0 Å². The first-order valence-electron chi connectivity index (χ1n) is 3.43. The van der Waals surface area contributed by atoms with E-state index in [1.165, 1.54) is 3.57 Å². The van der Waals surface area contributed by atoms with Crippen molar-refractivity contribution in [3.63, 3.8) is 0 Å². The van der Waals surface area contributed by atoms with Crippen LogP contribution in [-0.2, 0) is 0 Å². The fourth-order valence-corrected chi connectivity index (χ4v) is 1.69. The van der Waals surface area contributed by atoms with E-state index in [4.69, 9.17) is 4.74 Å². The summed E-state index contributed by atoms with van der Waals surface area (Å²) >= 11 is 4.52. The normalized spacial score (nSPS) is 9.50. The zero-order chi connectivity index (χ0) is 8.97. The van der Waals surface area contributed by atoms with Crippen molar-refractivity contribution in [2.24, 2.45) is 0 Å². The minimum atomic E-state index is 0.566. The van der Waals surface area contributed by atoms with Crippen LogP contribution >= 0.6 is 45.2 Å². The Kier molecular flexibility index (Phi) is 4.34. The SMILES string of the molecule is C=CCOc1cc(I)ccc1I. The molecule has 0 saturated carbocycles. The van der Waals surface area contributed by atoms with E-state index >= 15 is 0 Å². The van der Waals surface area contributed by atoms with Crippen LogP contribution in [-0.4, -0.2) is 6.61 Å². The summed E-state index contributed by atoms with van der Waals surface area (Å²) in [5.74, 6) is 0.933. The molecule has 0 aromatic heterocycles. The zero-order valence-corrected chi connectivity index (χ0v) is 10.7. The van der Waals surface area contributed by atoms with Gasteiger partial charge in [-0.1, -0.05) is 12.7 Å². The van der Waals surface area contributed by atoms with Gasteiger partial charge >= 0.3 is 0 Å². The molecule has 0 atom stereocenters. The van der Waals surface area contributed by atoms with Crippen LogP contribution in [0.1, 0.15) is 0 Å². The van der Waals surface area contributed by atoms with E-state index < -0.39 is 0 Å². The van der Waals surface area contributed by atoms with Crippen LogP contribution < -0.4 is 4.74 Å². The lowest BCUT2D eigenvalue weighted by atomic mass is 10.3. The van der Waals surface area contributed by atoms with Crippen molar-refractivity contribution in [3.8, 4) is 5.75 Å². The van der Waals surface area contributed by atoms with E-state index in [-0.39, 0.29) is 0 Å². The highest BCUT2D eigenvalue weighted by Gasteiger charge is 1.99. The second-order valence-corrected chi connectivity index (χ2v) is 4.58. The molecule has 0 saturated heterocycles. The summed E-state index contributed by atoms with van der Waals surface area (Å²) in [5, 5.41) is 0. The fraction of sp³-hybridized carbons (Fsp3) is 0.111. The molecule has 0 radical (unpaired) electrons. The third-order valence-corrected chi connectivity index (χ3v) is 2.81. The van der Waals surface area contributed by atoms with Gasteiger partial charge in [0.1, 0.15) is 12.4 Å². The minimum absolute atomic E-state index is 0.566. The van der Waals surface area contributed by atoms with Crippen molar-refractivity contribution in [1.29, 1.82) is 0 Å². The van der Waals surface area contributed by atoms with E-state index in [2.05, 4.69) is 57.8 Å². The van der Waals surface area contributed by atoms with Crippen LogP contribution in [0.5, 0.6) is 5.75 Å². The Morgan fingerprint density at radius 1 is 1.42 bits per heavy atom. The Labute approximate surface area is 99.5 Å². The lowest BCUT2D eigenvalue weighted by molar-refractivity contribution is 0.360. The average Bonchev–Trinajstić information content (AvgIpc) is 2.07. The highest BCUT2D eigenvalue weighted by molar-refractivity contribution is 14.1. The molecule has 0 aliphatic carbocycles. The summed E-state index contributed by atoms with van der Waals surface area (Å²) < 4.78 is 7.76. The number of rotatable bonds is 3. The summed E-state index contributed by atoms with van der Waals surface area (Å²) in [4.78, 5) is 0. The zero-order valence-electron chi connectivity index (χ0n) is 6.39. The summed E-state index contributed by atoms with van der Waals surface area (Å²) in [6.07, 6.45) is 1.75. The maximum atomic E-state index is 5.44. The lowest BCUT2D eigenvalue weighted by Crippen LogP contribution is -1.95. The number of halogens is 2. The molecule has 0 amide bonds. The van der Waals surface area contributed by atoms with Gasteiger partial charge in [0.25, 0.3) is 0 Å². The van der Waals surface area contributed by atoms with Gasteiger partial charge in [-0.05, 0) is 63.4 Å². The number of benzene rings is 1. The second kappa shape index (κ2) is 5.06. The molecule has 64 valence electrons. The third kappa shape index (κ3) is 2.93. The molecule has 1 aromatic carbocycles. The van der Waals surface area contributed by atoms with E-state index in [9.17, 15) is 0 Å². The molecule has 0 aliphatic rings. The van der Waals surface area contributed by atoms with Gasteiger partial charge in [-0.3, -0.25) is 0 Å². The van der Waals surface area contributed by atoms with Gasteiger partial charge in [-0.25, -0.2) is 0 Å². The van der Waals surface area contributed by atoms with Crippen LogP contribution in [0.15, 0.2) is 30.9 Å². The first-order valence-corrected chi connectivity index (χ1v) is 5.58. The van der Waals surface area contributed by atoms with E-state index in [0.29, 0.717) is 6.61 Å². The highest BCUT2D eigenvalue weighted by atomic mass is 127. The van der Waals surface area contributed by atoms with Crippen molar-refractivity contribution in [3.05, 3.63) is 38.0 Å². The quantitative estimate of drug-likeness (QED) is 0.572. The van der Waals surface area contributed by atoms with Crippen molar-refractivity contribution in [2.45, 2.75) is 0 Å². The number of hydrogen-bond acceptors (Lipinski definition) is 1. The van der Waals surface area contributed by atoms with Crippen molar-refractivity contribution in [2.75, 3.05) is 6.61 Å². The summed E-state index contributed by atoms with van der Waals surface area (Å²) in [7, 11) is 0. The topological polar surface area (TPSA) is 9.23 Å². The second-order valence-electron chi connectivity index (χ2n) is 2.17. The summed E-state index contributed by atoms with van der Waals surface area (Å²) in [5.41, 5.74) is 0. The van der Waals surface area contributed by atoms with E-state index in [1.54, 1.807) is 6.08 Å². The highest BCUT2D eigenvalue weighted by Crippen LogP contribution is 2.22. The van der Waals surface area contributed by atoms with Crippen LogP contribution in [0.25, 0.3) is 0 Å². The van der Waals surface area contributed by atoms with Crippen LogP contribution in [0.4, 0.5) is 0 Å². The molecule has 1 rings (SSSR count). The van der Waals surface area contributed by atoms with Crippen LogP contribution in [0.3, 0.4) is 0 Å². The first kappa shape index (κ1) is 10.3. The Morgan fingerprint density at radius 3 is 2.83 bits per heavy atom. The molecule has 0 spiro atoms. The molecule has 1 nitrogen and oxygen atoms in total. The maximum absolute atomic E-state index is 5.44. The third-order valence-electron chi connectivity index (χ3n) is 1.25. The van der Waals surface area contributed by atoms with E-state index in [0.717, 1.165) is 9.32 Å². The van der Waals surface area contributed by atoms with Crippen molar-refractivity contribution >= 4 is 45.2 Å². The molecule has 0 fully saturated rings. The number of ether oxygens (including phenoxy) is 1. The molecule has 0 N–H and O–H groups in total. The Hall–Kier alpha value is 0.220. The molecular formula is C9H8I2O. The predicted octanol–water partition coefficient (Wildman–Crippen LogP) is 3.46. The largest absolute Gasteiger partial charge is 0.488 e. The minimum Gasteiger partial charge on any atom is -0.488 e. The molecule has 0 aliphatic heterocycles. The Bertz CT molecular complexity index is 284. The monoisotopic (exact) mass is 386 g/mol. The van der Waals surface area contributed by atoms with Crippen LogP contribution in [0.2, 0.25) is 0 Å². The molecule has 12 heavy (non-hydrogen) atoms. The van der Waals surface area contributed by atoms with Crippen molar-refractivity contribution < 1.29 is 4.74 Å². The average molecular weight is 386 g/mol. The van der Waals surface area contributed by atoms with Gasteiger partial charge < -0.3 is 4.74 Å². The van der Waals surface area contributed by atoms with Gasteiger partial charge in [0.15, 0.2) is 0 Å². The molecular weight excluding hydrogens is 378 g/mol. The van der Waals surface area contributed by atoms with Gasteiger partial charge in [0, 0.05) is 3.57 Å². The molecule has 3 heteroatoms. The van der Waals surface area contributed by atoms with E-state index in [1.807, 2.05) is 12.1 Å². The Balaban J connectivity index is 2.82. The summed E-state index contributed by atoms with van der Waals surface area (Å²) in [6, 6.07) is 6.12. The van der Waals surface area contributed by atoms with Gasteiger partial charge in [-0.15, -0.1) is 0 Å². The molecule has 0 unspecified atom stereocenters. The van der Waals surface area contributed by atoms with Crippen molar-refractivity contribution in [1.82, 2.24) is 0 Å².